The number of carbonyl (C=O) groups is 1. The maximum absolute atomic E-state index is 13.6. The highest BCUT2D eigenvalue weighted by Gasteiger charge is 2.34. The molecule has 1 atom stereocenters. The lowest BCUT2D eigenvalue weighted by molar-refractivity contribution is 0.0745. The maximum Gasteiger partial charge on any atom is 0.254 e. The monoisotopic (exact) mass is 519 g/mol. The van der Waals surface area contributed by atoms with Crippen molar-refractivity contribution in [1.82, 2.24) is 14.8 Å². The van der Waals surface area contributed by atoms with Crippen LogP contribution in [0.4, 0.5) is 15.9 Å². The van der Waals surface area contributed by atoms with Gasteiger partial charge in [-0.05, 0) is 54.3 Å². The van der Waals surface area contributed by atoms with Crippen LogP contribution in [0.15, 0.2) is 60.8 Å². The fourth-order valence-electron chi connectivity index (χ4n) is 6.06. The molecular weight excluding hydrogens is 489 g/mol. The number of hydrogen-bond acceptors (Lipinski definition) is 5. The minimum Gasteiger partial charge on any atom is -0.368 e. The summed E-state index contributed by atoms with van der Waals surface area (Å²) in [5.41, 5.74) is 4.49. The molecule has 0 bridgehead atoms. The summed E-state index contributed by atoms with van der Waals surface area (Å²) < 4.78 is 13.2. The predicted octanol–water partition coefficient (Wildman–Crippen LogP) is 4.65. The van der Waals surface area contributed by atoms with Gasteiger partial charge in [-0.3, -0.25) is 9.69 Å². The van der Waals surface area contributed by atoms with E-state index in [-0.39, 0.29) is 11.7 Å². The molecule has 1 aliphatic carbocycles. The van der Waals surface area contributed by atoms with Crippen molar-refractivity contribution >= 4 is 29.0 Å². The standard InChI is InChI=1S/C29H31ClFN5O/c30-25-6-1-2-7-27(25)34-14-12-33(13-15-34)26-10-9-22-23(26)4-3-5-24(22)29(37)36-18-16-35(17-19-36)28-11-8-21(31)20-32-28/h1-8,11,20,26H,9-10,12-19H2. The third kappa shape index (κ3) is 4.78. The van der Waals surface area contributed by atoms with Crippen molar-refractivity contribution in [1.29, 1.82) is 0 Å². The molecule has 1 aromatic heterocycles. The van der Waals surface area contributed by atoms with E-state index in [1.54, 1.807) is 6.07 Å². The first kappa shape index (κ1) is 24.2. The lowest BCUT2D eigenvalue weighted by Gasteiger charge is -2.39. The topological polar surface area (TPSA) is 42.9 Å². The van der Waals surface area contributed by atoms with Crippen LogP contribution in [-0.2, 0) is 6.42 Å². The van der Waals surface area contributed by atoms with Gasteiger partial charge in [-0.15, -0.1) is 0 Å². The second kappa shape index (κ2) is 10.3. The summed E-state index contributed by atoms with van der Waals surface area (Å²) in [6, 6.07) is 17.8. The SMILES string of the molecule is O=C(c1cccc2c1CCC2N1CCN(c2ccccc2Cl)CC1)N1CCN(c2ccc(F)cn2)CC1. The molecule has 2 fully saturated rings. The Kier molecular flexibility index (Phi) is 6.74. The van der Waals surface area contributed by atoms with Gasteiger partial charge in [-0.25, -0.2) is 9.37 Å². The first-order valence-electron chi connectivity index (χ1n) is 13.1. The van der Waals surface area contributed by atoms with Gasteiger partial charge in [-0.1, -0.05) is 35.9 Å². The molecule has 1 amide bonds. The minimum absolute atomic E-state index is 0.118. The van der Waals surface area contributed by atoms with Crippen molar-refractivity contribution < 1.29 is 9.18 Å². The zero-order valence-corrected chi connectivity index (χ0v) is 21.6. The molecule has 0 spiro atoms. The second-order valence-corrected chi connectivity index (χ2v) is 10.4. The Morgan fingerprint density at radius 2 is 1.62 bits per heavy atom. The number of nitrogens with zero attached hydrogens (tertiary/aromatic N) is 5. The fraction of sp³-hybridized carbons (Fsp3) is 0.379. The highest BCUT2D eigenvalue weighted by atomic mass is 35.5. The van der Waals surface area contributed by atoms with Gasteiger partial charge in [0.25, 0.3) is 5.91 Å². The van der Waals surface area contributed by atoms with Gasteiger partial charge < -0.3 is 14.7 Å². The maximum atomic E-state index is 13.6. The third-order valence-electron chi connectivity index (χ3n) is 8.02. The predicted molar refractivity (Wildman–Crippen MR) is 145 cm³/mol. The van der Waals surface area contributed by atoms with Gasteiger partial charge in [-0.2, -0.15) is 0 Å². The Morgan fingerprint density at radius 3 is 2.35 bits per heavy atom. The van der Waals surface area contributed by atoms with E-state index in [1.807, 2.05) is 35.2 Å². The lowest BCUT2D eigenvalue weighted by atomic mass is 10.00. The van der Waals surface area contributed by atoms with E-state index in [2.05, 4.69) is 31.8 Å². The van der Waals surface area contributed by atoms with Gasteiger partial charge in [0.2, 0.25) is 0 Å². The number of amides is 1. The molecule has 3 aromatic rings. The summed E-state index contributed by atoms with van der Waals surface area (Å²) in [5, 5.41) is 0.806. The van der Waals surface area contributed by atoms with Crippen LogP contribution in [0.5, 0.6) is 0 Å². The van der Waals surface area contributed by atoms with Crippen molar-refractivity contribution in [2.24, 2.45) is 0 Å². The molecule has 2 aliphatic heterocycles. The molecule has 37 heavy (non-hydrogen) atoms. The Morgan fingerprint density at radius 1 is 0.865 bits per heavy atom. The van der Waals surface area contributed by atoms with Crippen molar-refractivity contribution in [2.45, 2.75) is 18.9 Å². The molecule has 2 saturated heterocycles. The molecule has 0 N–H and O–H groups in total. The van der Waals surface area contributed by atoms with E-state index in [9.17, 15) is 9.18 Å². The van der Waals surface area contributed by atoms with E-state index >= 15 is 0 Å². The molecule has 0 radical (unpaired) electrons. The molecule has 6 rings (SSSR count). The number of rotatable bonds is 4. The summed E-state index contributed by atoms with van der Waals surface area (Å²) in [7, 11) is 0. The van der Waals surface area contributed by atoms with E-state index in [1.165, 1.54) is 23.4 Å². The van der Waals surface area contributed by atoms with E-state index < -0.39 is 0 Å². The van der Waals surface area contributed by atoms with Gasteiger partial charge in [0, 0.05) is 64.0 Å². The summed E-state index contributed by atoms with van der Waals surface area (Å²) in [6.07, 6.45) is 3.23. The summed E-state index contributed by atoms with van der Waals surface area (Å²) in [6.45, 7) is 6.50. The quantitative estimate of drug-likeness (QED) is 0.502. The molecule has 3 heterocycles. The molecular formula is C29H31ClFN5O. The summed E-state index contributed by atoms with van der Waals surface area (Å²) in [5.74, 6) is 0.538. The Hall–Kier alpha value is -3.16. The largest absolute Gasteiger partial charge is 0.368 e. The van der Waals surface area contributed by atoms with Crippen LogP contribution in [0.1, 0.15) is 33.9 Å². The molecule has 0 saturated carbocycles. The van der Waals surface area contributed by atoms with E-state index in [0.717, 1.165) is 61.1 Å². The van der Waals surface area contributed by atoms with Crippen molar-refractivity contribution in [2.75, 3.05) is 62.2 Å². The average molecular weight is 520 g/mol. The normalized spacial score (nSPS) is 20.3. The average Bonchev–Trinajstić information content (AvgIpc) is 3.38. The highest BCUT2D eigenvalue weighted by Crippen LogP contribution is 2.39. The van der Waals surface area contributed by atoms with E-state index in [0.29, 0.717) is 32.2 Å². The number of aromatic nitrogens is 1. The van der Waals surface area contributed by atoms with Crippen LogP contribution in [0.2, 0.25) is 5.02 Å². The van der Waals surface area contributed by atoms with Crippen LogP contribution in [0.25, 0.3) is 0 Å². The van der Waals surface area contributed by atoms with Gasteiger partial charge >= 0.3 is 0 Å². The van der Waals surface area contributed by atoms with Gasteiger partial charge in [0.05, 0.1) is 16.9 Å². The zero-order valence-electron chi connectivity index (χ0n) is 20.8. The number of benzene rings is 2. The Labute approximate surface area is 222 Å². The molecule has 8 heteroatoms. The molecule has 1 unspecified atom stereocenters. The van der Waals surface area contributed by atoms with Gasteiger partial charge in [0.15, 0.2) is 0 Å². The first-order chi connectivity index (χ1) is 18.1. The van der Waals surface area contributed by atoms with Crippen molar-refractivity contribution in [3.63, 3.8) is 0 Å². The fourth-order valence-corrected chi connectivity index (χ4v) is 6.31. The number of pyridine rings is 1. The number of anilines is 2. The molecule has 192 valence electrons. The number of hydrogen-bond donors (Lipinski definition) is 0. The molecule has 3 aliphatic rings. The minimum atomic E-state index is -0.337. The van der Waals surface area contributed by atoms with Crippen LogP contribution < -0.4 is 9.80 Å². The number of carbonyl (C=O) groups excluding carboxylic acids is 1. The molecule has 6 nitrogen and oxygen atoms in total. The molecule has 2 aromatic carbocycles. The lowest BCUT2D eigenvalue weighted by Crippen LogP contribution is -2.49. The van der Waals surface area contributed by atoms with Gasteiger partial charge in [0.1, 0.15) is 11.6 Å². The summed E-state index contributed by atoms with van der Waals surface area (Å²) >= 11 is 6.43. The third-order valence-corrected chi connectivity index (χ3v) is 8.34. The van der Waals surface area contributed by atoms with Crippen LogP contribution in [0, 0.1) is 5.82 Å². The smallest absolute Gasteiger partial charge is 0.254 e. The number of fused-ring (bicyclic) bond motifs is 1. The highest BCUT2D eigenvalue weighted by molar-refractivity contribution is 6.33. The van der Waals surface area contributed by atoms with Crippen LogP contribution in [0.3, 0.4) is 0 Å². The number of piperazine rings is 2. The first-order valence-corrected chi connectivity index (χ1v) is 13.5. The Balaban J connectivity index is 1.11. The summed E-state index contributed by atoms with van der Waals surface area (Å²) in [4.78, 5) is 26.8. The van der Waals surface area contributed by atoms with Crippen LogP contribution >= 0.6 is 11.6 Å². The zero-order chi connectivity index (χ0) is 25.4. The second-order valence-electron chi connectivity index (χ2n) is 10.0. The van der Waals surface area contributed by atoms with Crippen LogP contribution in [-0.4, -0.2) is 73.0 Å². The Bertz CT molecular complexity index is 1270. The van der Waals surface area contributed by atoms with Crippen molar-refractivity contribution in [3.05, 3.63) is 88.3 Å². The van der Waals surface area contributed by atoms with Crippen molar-refractivity contribution in [3.8, 4) is 0 Å². The van der Waals surface area contributed by atoms with E-state index in [4.69, 9.17) is 11.6 Å². The number of para-hydroxylation sites is 1. The number of halogens is 2.